The number of benzene rings is 1. The highest BCUT2D eigenvalue weighted by molar-refractivity contribution is 5.77. The Hall–Kier alpha value is -2.21. The molecule has 6 heteroatoms. The van der Waals surface area contributed by atoms with Crippen LogP contribution in [0.2, 0.25) is 0 Å². The van der Waals surface area contributed by atoms with Crippen LogP contribution in [-0.2, 0) is 11.3 Å². The number of rotatable bonds is 7. The second-order valence-corrected chi connectivity index (χ2v) is 5.13. The van der Waals surface area contributed by atoms with Crippen LogP contribution >= 0.6 is 0 Å². The number of carbonyl (C=O) groups is 1. The number of aryl methyl sites for hydroxylation is 1. The molecule has 6 nitrogen and oxygen atoms in total. The Morgan fingerprint density at radius 2 is 2.00 bits per heavy atom. The molecule has 0 aliphatic carbocycles. The van der Waals surface area contributed by atoms with Crippen LogP contribution in [-0.4, -0.2) is 40.6 Å². The number of hydrogen-bond acceptors (Lipinski definition) is 5. The summed E-state index contributed by atoms with van der Waals surface area (Å²) in [5.41, 5.74) is 2.11. The molecule has 0 aliphatic heterocycles. The highest BCUT2D eigenvalue weighted by atomic mass is 16.5. The quantitative estimate of drug-likeness (QED) is 0.847. The van der Waals surface area contributed by atoms with Gasteiger partial charge in [0.05, 0.1) is 13.1 Å². The molecule has 0 atom stereocenters. The molecule has 0 radical (unpaired) electrons. The van der Waals surface area contributed by atoms with Gasteiger partial charge in [0.2, 0.25) is 17.6 Å². The average Bonchev–Trinajstić information content (AvgIpc) is 2.96. The molecule has 0 bridgehead atoms. The third-order valence-corrected chi connectivity index (χ3v) is 3.33. The molecule has 0 saturated heterocycles. The van der Waals surface area contributed by atoms with Crippen molar-refractivity contribution < 1.29 is 9.32 Å². The molecule has 1 aromatic carbocycles. The van der Waals surface area contributed by atoms with Gasteiger partial charge in [-0.1, -0.05) is 41.9 Å². The number of nitrogens with one attached hydrogen (secondary N) is 1. The summed E-state index contributed by atoms with van der Waals surface area (Å²) in [5.74, 6) is 1.09. The fourth-order valence-corrected chi connectivity index (χ4v) is 2.07. The predicted molar refractivity (Wildman–Crippen MR) is 84.1 cm³/mol. The second-order valence-electron chi connectivity index (χ2n) is 5.13. The lowest BCUT2D eigenvalue weighted by atomic mass is 10.1. The Morgan fingerprint density at radius 3 is 2.64 bits per heavy atom. The molecule has 22 heavy (non-hydrogen) atoms. The molecule has 0 aliphatic rings. The van der Waals surface area contributed by atoms with Crippen molar-refractivity contribution in [2.45, 2.75) is 27.3 Å². The highest BCUT2D eigenvalue weighted by Crippen LogP contribution is 2.16. The molecule has 0 unspecified atom stereocenters. The lowest BCUT2D eigenvalue weighted by Crippen LogP contribution is -2.36. The minimum Gasteiger partial charge on any atom is -0.355 e. The first kappa shape index (κ1) is 16.2. The van der Waals surface area contributed by atoms with Gasteiger partial charge < -0.3 is 9.84 Å². The van der Waals surface area contributed by atoms with Crippen LogP contribution in [0.1, 0.15) is 25.3 Å². The summed E-state index contributed by atoms with van der Waals surface area (Å²) in [6.07, 6.45) is 0. The van der Waals surface area contributed by atoms with E-state index in [0.29, 0.717) is 31.3 Å². The molecule has 1 N–H and O–H groups in total. The van der Waals surface area contributed by atoms with E-state index in [9.17, 15) is 4.79 Å². The average molecular weight is 302 g/mol. The van der Waals surface area contributed by atoms with E-state index < -0.39 is 0 Å². The minimum atomic E-state index is 0.00243. The Kier molecular flexibility index (Phi) is 5.66. The van der Waals surface area contributed by atoms with E-state index in [1.807, 2.05) is 49.9 Å². The number of hydrogen-bond donors (Lipinski definition) is 1. The summed E-state index contributed by atoms with van der Waals surface area (Å²) < 4.78 is 5.29. The van der Waals surface area contributed by atoms with Gasteiger partial charge in [-0.3, -0.25) is 9.69 Å². The summed E-state index contributed by atoms with van der Waals surface area (Å²) in [6, 6.07) is 7.96. The van der Waals surface area contributed by atoms with E-state index in [0.717, 1.165) is 12.1 Å². The van der Waals surface area contributed by atoms with Crippen LogP contribution in [0.4, 0.5) is 0 Å². The van der Waals surface area contributed by atoms with Crippen LogP contribution in [0.25, 0.3) is 11.4 Å². The van der Waals surface area contributed by atoms with Gasteiger partial charge in [-0.25, -0.2) is 0 Å². The molecule has 2 rings (SSSR count). The summed E-state index contributed by atoms with van der Waals surface area (Å²) in [7, 11) is 0. The smallest absolute Gasteiger partial charge is 0.241 e. The molecule has 0 spiro atoms. The first-order chi connectivity index (χ1) is 10.6. The van der Waals surface area contributed by atoms with Crippen LogP contribution in [0.3, 0.4) is 0 Å². The van der Waals surface area contributed by atoms with Crippen molar-refractivity contribution in [3.05, 3.63) is 35.7 Å². The van der Waals surface area contributed by atoms with E-state index in [2.05, 4.69) is 15.5 Å². The Balaban J connectivity index is 2.01. The standard InChI is InChI=1S/C16H22N4O2/c1-4-17-14(21)10-20(5-2)11-15-18-16(19-22-15)13-8-6-12(3)7-9-13/h6-9H,4-5,10-11H2,1-3H3,(H,17,21). The fourth-order valence-electron chi connectivity index (χ4n) is 2.07. The lowest BCUT2D eigenvalue weighted by molar-refractivity contribution is -0.122. The number of amides is 1. The molecule has 1 amide bonds. The maximum absolute atomic E-state index is 11.6. The molecule has 0 fully saturated rings. The zero-order valence-electron chi connectivity index (χ0n) is 13.3. The van der Waals surface area contributed by atoms with Gasteiger partial charge in [-0.2, -0.15) is 4.98 Å². The second kappa shape index (κ2) is 7.70. The normalized spacial score (nSPS) is 10.9. The van der Waals surface area contributed by atoms with E-state index in [4.69, 9.17) is 4.52 Å². The molecule has 0 saturated carbocycles. The Morgan fingerprint density at radius 1 is 1.27 bits per heavy atom. The molecule has 118 valence electrons. The van der Waals surface area contributed by atoms with Crippen molar-refractivity contribution in [1.29, 1.82) is 0 Å². The summed E-state index contributed by atoms with van der Waals surface area (Å²) in [6.45, 7) is 8.09. The molecule has 1 aromatic heterocycles. The predicted octanol–water partition coefficient (Wildman–Crippen LogP) is 2.00. The van der Waals surface area contributed by atoms with Crippen LogP contribution in [0.5, 0.6) is 0 Å². The third-order valence-electron chi connectivity index (χ3n) is 3.33. The topological polar surface area (TPSA) is 71.3 Å². The molecular formula is C16H22N4O2. The maximum atomic E-state index is 11.6. The first-order valence-electron chi connectivity index (χ1n) is 7.51. The third kappa shape index (κ3) is 4.39. The van der Waals surface area contributed by atoms with Crippen LogP contribution < -0.4 is 5.32 Å². The van der Waals surface area contributed by atoms with Crippen molar-refractivity contribution >= 4 is 5.91 Å². The summed E-state index contributed by atoms with van der Waals surface area (Å²) in [4.78, 5) is 18.0. The monoisotopic (exact) mass is 302 g/mol. The van der Waals surface area contributed by atoms with Gasteiger partial charge in [0.15, 0.2) is 0 Å². The first-order valence-corrected chi connectivity index (χ1v) is 7.51. The van der Waals surface area contributed by atoms with E-state index in [1.54, 1.807) is 0 Å². The summed E-state index contributed by atoms with van der Waals surface area (Å²) >= 11 is 0. The van der Waals surface area contributed by atoms with Gasteiger partial charge in [0, 0.05) is 12.1 Å². The zero-order chi connectivity index (χ0) is 15.9. The Labute approximate surface area is 130 Å². The van der Waals surface area contributed by atoms with Crippen LogP contribution in [0, 0.1) is 6.92 Å². The highest BCUT2D eigenvalue weighted by Gasteiger charge is 2.14. The van der Waals surface area contributed by atoms with Gasteiger partial charge >= 0.3 is 0 Å². The molecule has 2 aromatic rings. The Bertz CT molecular complexity index is 607. The van der Waals surface area contributed by atoms with E-state index in [1.165, 1.54) is 5.56 Å². The summed E-state index contributed by atoms with van der Waals surface area (Å²) in [5, 5.41) is 6.79. The molecule has 1 heterocycles. The van der Waals surface area contributed by atoms with Crippen LogP contribution in [0.15, 0.2) is 28.8 Å². The van der Waals surface area contributed by atoms with Gasteiger partial charge in [0.25, 0.3) is 0 Å². The number of carbonyl (C=O) groups excluding carboxylic acids is 1. The maximum Gasteiger partial charge on any atom is 0.241 e. The number of aromatic nitrogens is 2. The van der Waals surface area contributed by atoms with Crippen molar-refractivity contribution in [2.75, 3.05) is 19.6 Å². The van der Waals surface area contributed by atoms with Gasteiger partial charge in [-0.15, -0.1) is 0 Å². The van der Waals surface area contributed by atoms with Crippen molar-refractivity contribution in [3.8, 4) is 11.4 Å². The van der Waals surface area contributed by atoms with Crippen molar-refractivity contribution in [3.63, 3.8) is 0 Å². The minimum absolute atomic E-state index is 0.00243. The van der Waals surface area contributed by atoms with Crippen molar-refractivity contribution in [2.24, 2.45) is 0 Å². The fraction of sp³-hybridized carbons (Fsp3) is 0.438. The van der Waals surface area contributed by atoms with Gasteiger partial charge in [-0.05, 0) is 20.4 Å². The van der Waals surface area contributed by atoms with E-state index in [-0.39, 0.29) is 5.91 Å². The lowest BCUT2D eigenvalue weighted by Gasteiger charge is -2.17. The molecular weight excluding hydrogens is 280 g/mol. The number of likely N-dealkylation sites (N-methyl/N-ethyl adjacent to an activating group) is 2. The van der Waals surface area contributed by atoms with Crippen molar-refractivity contribution in [1.82, 2.24) is 20.4 Å². The SMILES string of the molecule is CCNC(=O)CN(CC)Cc1nc(-c2ccc(C)cc2)no1. The van der Waals surface area contributed by atoms with Gasteiger partial charge in [0.1, 0.15) is 0 Å². The number of nitrogens with zero attached hydrogens (tertiary/aromatic N) is 3. The van der Waals surface area contributed by atoms with E-state index >= 15 is 0 Å². The largest absolute Gasteiger partial charge is 0.355 e. The zero-order valence-corrected chi connectivity index (χ0v) is 13.3.